The largest absolute Gasteiger partial charge is 0.466 e. The minimum Gasteiger partial charge on any atom is -0.466 e. The number of carbonyl (C=O) groups is 2. The Bertz CT molecular complexity index is 319. The highest BCUT2D eigenvalue weighted by molar-refractivity contribution is 7.39. The minimum atomic E-state index is -2.47. The van der Waals surface area contributed by atoms with Crippen LogP contribution in [0, 0.1) is 0 Å². The Morgan fingerprint density at radius 1 is 1.05 bits per heavy atom. The van der Waals surface area contributed by atoms with Gasteiger partial charge in [-0.05, 0) is 20.8 Å². The van der Waals surface area contributed by atoms with E-state index in [1.165, 1.54) is 0 Å². The Morgan fingerprint density at radius 2 is 1.70 bits per heavy atom. The Hall–Kier alpha value is -0.910. The lowest BCUT2D eigenvalue weighted by Gasteiger charge is -2.15. The molecule has 0 amide bonds. The van der Waals surface area contributed by atoms with E-state index in [0.717, 1.165) is 0 Å². The van der Waals surface area contributed by atoms with E-state index in [1.807, 2.05) is 6.92 Å². The molecule has 0 bridgehead atoms. The maximum Gasteiger partial charge on any atom is 0.336 e. The molecule has 8 heteroatoms. The predicted octanol–water partition coefficient (Wildman–Crippen LogP) is 1.40. The molecule has 0 heterocycles. The van der Waals surface area contributed by atoms with Gasteiger partial charge in [0.2, 0.25) is 0 Å². The van der Waals surface area contributed by atoms with Crippen molar-refractivity contribution in [3.8, 4) is 0 Å². The normalized spacial score (nSPS) is 13.6. The van der Waals surface area contributed by atoms with Gasteiger partial charge in [-0.1, -0.05) is 0 Å². The number of esters is 2. The van der Waals surface area contributed by atoms with Gasteiger partial charge in [-0.2, -0.15) is 0 Å². The van der Waals surface area contributed by atoms with Crippen LogP contribution in [0.15, 0.2) is 0 Å². The fourth-order valence-electron chi connectivity index (χ4n) is 1.30. The molecule has 0 spiro atoms. The summed E-state index contributed by atoms with van der Waals surface area (Å²) in [4.78, 5) is 23.0. The lowest BCUT2D eigenvalue weighted by molar-refractivity contribution is -0.157. The maximum absolute atomic E-state index is 11.7. The van der Waals surface area contributed by atoms with Gasteiger partial charge in [0.15, 0.2) is 14.1 Å². The molecule has 2 unspecified atom stereocenters. The molecule has 0 aliphatic carbocycles. The van der Waals surface area contributed by atoms with Crippen LogP contribution in [-0.4, -0.2) is 50.6 Å². The first kappa shape index (κ1) is 19.1. The van der Waals surface area contributed by atoms with Gasteiger partial charge in [-0.3, -0.25) is 9.36 Å². The van der Waals surface area contributed by atoms with E-state index in [-0.39, 0.29) is 32.4 Å². The number of hydrogen-bond acceptors (Lipinski definition) is 7. The first-order valence-electron chi connectivity index (χ1n) is 6.64. The van der Waals surface area contributed by atoms with E-state index in [1.54, 1.807) is 13.8 Å². The van der Waals surface area contributed by atoms with Crippen molar-refractivity contribution in [1.82, 2.24) is 0 Å². The van der Waals surface area contributed by atoms with Crippen molar-refractivity contribution in [2.75, 3.05) is 32.6 Å². The van der Waals surface area contributed by atoms with E-state index < -0.39 is 26.1 Å². The molecule has 0 saturated heterocycles. The molecule has 0 aliphatic rings. The lowest BCUT2D eigenvalue weighted by Crippen LogP contribution is -2.28. The van der Waals surface area contributed by atoms with Gasteiger partial charge in [-0.15, -0.1) is 0 Å². The van der Waals surface area contributed by atoms with Gasteiger partial charge in [0.05, 0.1) is 26.2 Å². The zero-order valence-corrected chi connectivity index (χ0v) is 13.2. The summed E-state index contributed by atoms with van der Waals surface area (Å²) in [6, 6.07) is 0. The van der Waals surface area contributed by atoms with E-state index in [0.29, 0.717) is 6.61 Å². The second-order valence-corrected chi connectivity index (χ2v) is 5.17. The van der Waals surface area contributed by atoms with Crippen molar-refractivity contribution in [2.24, 2.45) is 0 Å². The summed E-state index contributed by atoms with van der Waals surface area (Å²) in [5.41, 5.74) is 0. The summed E-state index contributed by atoms with van der Waals surface area (Å²) < 4.78 is 31.4. The van der Waals surface area contributed by atoms with E-state index in [9.17, 15) is 14.2 Å². The van der Waals surface area contributed by atoms with Gasteiger partial charge < -0.3 is 18.7 Å². The van der Waals surface area contributed by atoms with Gasteiger partial charge in [-0.25, -0.2) is 4.79 Å². The summed E-state index contributed by atoms with van der Waals surface area (Å²) in [5, 5.41) is 0. The van der Waals surface area contributed by atoms with Crippen LogP contribution in [0.1, 0.15) is 27.2 Å². The van der Waals surface area contributed by atoms with Crippen LogP contribution in [0.25, 0.3) is 0 Å². The van der Waals surface area contributed by atoms with Crippen LogP contribution in [0.2, 0.25) is 0 Å². The van der Waals surface area contributed by atoms with Crippen LogP contribution in [0.4, 0.5) is 0 Å². The Morgan fingerprint density at radius 3 is 2.25 bits per heavy atom. The Kier molecular flexibility index (Phi) is 11.3. The zero-order chi connectivity index (χ0) is 15.4. The molecule has 0 aromatic carbocycles. The average molecular weight is 310 g/mol. The van der Waals surface area contributed by atoms with Gasteiger partial charge in [0.25, 0.3) is 0 Å². The highest BCUT2D eigenvalue weighted by atomic mass is 31.1. The molecule has 0 radical (unpaired) electrons. The average Bonchev–Trinajstić information content (AvgIpc) is 2.39. The second-order valence-electron chi connectivity index (χ2n) is 3.69. The number of rotatable bonds is 11. The monoisotopic (exact) mass is 310 g/mol. The number of carbonyl (C=O) groups excluding carboxylic acids is 2. The smallest absolute Gasteiger partial charge is 0.336 e. The molecule has 7 nitrogen and oxygen atoms in total. The van der Waals surface area contributed by atoms with Crippen molar-refractivity contribution in [3.63, 3.8) is 0 Å². The van der Waals surface area contributed by atoms with Crippen molar-refractivity contribution in [1.29, 1.82) is 0 Å². The number of ether oxygens (including phenoxy) is 3. The molecule has 0 N–H and O–H groups in total. The highest BCUT2D eigenvalue weighted by Crippen LogP contribution is 2.26. The summed E-state index contributed by atoms with van der Waals surface area (Å²) in [5.74, 6) is -1.31. The van der Waals surface area contributed by atoms with E-state index in [2.05, 4.69) is 0 Å². The third-order valence-electron chi connectivity index (χ3n) is 2.14. The number of hydrogen-bond donors (Lipinski definition) is 0. The van der Waals surface area contributed by atoms with Crippen molar-refractivity contribution in [2.45, 2.75) is 33.3 Å². The molecule has 0 aliphatic heterocycles. The summed E-state index contributed by atoms with van der Waals surface area (Å²) in [6.07, 6.45) is -1.31. The third-order valence-corrected chi connectivity index (χ3v) is 3.30. The Labute approximate surface area is 119 Å². The molecule has 0 fully saturated rings. The summed E-state index contributed by atoms with van der Waals surface area (Å²) in [6.45, 7) is 6.26. The fourth-order valence-corrected chi connectivity index (χ4v) is 2.22. The molecule has 0 rings (SSSR count). The van der Waals surface area contributed by atoms with E-state index >= 15 is 0 Å². The molecule has 0 aromatic heterocycles. The lowest BCUT2D eigenvalue weighted by atomic mass is 10.2. The van der Waals surface area contributed by atoms with Crippen LogP contribution in [-0.2, 0) is 32.9 Å². The Balaban J connectivity index is 4.40. The summed E-state index contributed by atoms with van der Waals surface area (Å²) in [7, 11) is -2.47. The van der Waals surface area contributed by atoms with Gasteiger partial charge in [0, 0.05) is 12.8 Å². The van der Waals surface area contributed by atoms with Crippen LogP contribution >= 0.6 is 8.03 Å². The first-order valence-corrected chi connectivity index (χ1v) is 8.16. The molecule has 118 valence electrons. The highest BCUT2D eigenvalue weighted by Gasteiger charge is 2.26. The SMILES string of the molecule is CCOCC[PH](=O)OC(CC(=O)OCC)C(=O)OCC. The maximum atomic E-state index is 11.7. The molecule has 0 saturated carbocycles. The minimum absolute atomic E-state index is 0.154. The summed E-state index contributed by atoms with van der Waals surface area (Å²) >= 11 is 0. The fraction of sp³-hybridized carbons (Fsp3) is 0.833. The van der Waals surface area contributed by atoms with Crippen LogP contribution in [0.3, 0.4) is 0 Å². The standard InChI is InChI=1S/C12H23O7P/c1-4-16-7-8-20(15)19-10(12(14)18-6-3)9-11(13)17-5-2/h10,20H,4-9H2,1-3H3. The van der Waals surface area contributed by atoms with E-state index in [4.69, 9.17) is 18.7 Å². The van der Waals surface area contributed by atoms with Gasteiger partial charge >= 0.3 is 11.9 Å². The predicted molar refractivity (Wildman–Crippen MR) is 73.1 cm³/mol. The molecule has 0 aromatic rings. The van der Waals surface area contributed by atoms with Crippen LogP contribution in [0.5, 0.6) is 0 Å². The first-order chi connectivity index (χ1) is 9.54. The van der Waals surface area contributed by atoms with Crippen molar-refractivity contribution >= 4 is 20.0 Å². The van der Waals surface area contributed by atoms with Crippen molar-refractivity contribution < 1.29 is 32.9 Å². The molecular formula is C12H23O7P. The third kappa shape index (κ3) is 9.07. The van der Waals surface area contributed by atoms with Gasteiger partial charge in [0.1, 0.15) is 0 Å². The quantitative estimate of drug-likeness (QED) is 0.324. The zero-order valence-electron chi connectivity index (χ0n) is 12.2. The van der Waals surface area contributed by atoms with Crippen LogP contribution < -0.4 is 0 Å². The molecular weight excluding hydrogens is 287 g/mol. The topological polar surface area (TPSA) is 88.1 Å². The second kappa shape index (κ2) is 11.9. The van der Waals surface area contributed by atoms with Crippen molar-refractivity contribution in [3.05, 3.63) is 0 Å². The molecule has 20 heavy (non-hydrogen) atoms. The molecule has 2 atom stereocenters.